The Hall–Kier alpha value is -2.16. The Morgan fingerprint density at radius 3 is 2.59 bits per heavy atom. The quantitative estimate of drug-likeness (QED) is 0.320. The van der Waals surface area contributed by atoms with Crippen molar-refractivity contribution in [2.75, 3.05) is 5.32 Å². The van der Waals surface area contributed by atoms with Gasteiger partial charge in [0, 0.05) is 15.6 Å². The minimum absolute atomic E-state index is 0.0891. The van der Waals surface area contributed by atoms with Gasteiger partial charge in [0.05, 0.1) is 15.2 Å². The van der Waals surface area contributed by atoms with Gasteiger partial charge in [0.15, 0.2) is 16.0 Å². The van der Waals surface area contributed by atoms with Crippen LogP contribution in [0.2, 0.25) is 15.1 Å². The molecule has 0 aliphatic carbocycles. The van der Waals surface area contributed by atoms with Crippen LogP contribution in [0, 0.1) is 0 Å². The molecule has 0 saturated heterocycles. The van der Waals surface area contributed by atoms with Crippen LogP contribution in [-0.2, 0) is 0 Å². The molecule has 0 radical (unpaired) electrons. The van der Waals surface area contributed by atoms with Crippen LogP contribution in [0.4, 0.5) is 5.13 Å². The number of thiocarbonyl (C=S) groups is 1. The number of furan rings is 1. The van der Waals surface area contributed by atoms with Gasteiger partial charge < -0.3 is 9.73 Å². The SMILES string of the molecule is O=C(NC(=S)Nc1nc2ccc(Cl)cc2s1)c1ccc(-c2ccc(Cl)cc2Cl)o1. The van der Waals surface area contributed by atoms with Crippen LogP contribution < -0.4 is 10.6 Å². The summed E-state index contributed by atoms with van der Waals surface area (Å²) in [5, 5.41) is 7.65. The summed E-state index contributed by atoms with van der Waals surface area (Å²) >= 11 is 24.6. The van der Waals surface area contributed by atoms with E-state index in [0.717, 1.165) is 10.2 Å². The molecule has 0 fully saturated rings. The van der Waals surface area contributed by atoms with E-state index >= 15 is 0 Å². The Bertz CT molecular complexity index is 1250. The minimum Gasteiger partial charge on any atom is -0.451 e. The molecule has 0 bridgehead atoms. The standard InChI is InChI=1S/C19H10Cl3N3O2S2/c20-9-1-3-11(12(22)7-9)14-5-6-15(27-14)17(26)24-18(28)25-19-23-13-4-2-10(21)8-16(13)29-19/h1-8H,(H2,23,24,25,26,28). The predicted octanol–water partition coefficient (Wildman–Crippen LogP) is 6.64. The molecule has 0 aliphatic rings. The maximum Gasteiger partial charge on any atom is 0.293 e. The molecule has 2 heterocycles. The average molecular weight is 483 g/mol. The largest absolute Gasteiger partial charge is 0.451 e. The molecular weight excluding hydrogens is 473 g/mol. The van der Waals surface area contributed by atoms with Crippen LogP contribution in [0.15, 0.2) is 52.9 Å². The number of amides is 1. The van der Waals surface area contributed by atoms with E-state index in [1.807, 2.05) is 12.1 Å². The van der Waals surface area contributed by atoms with Crippen molar-refractivity contribution in [3.63, 3.8) is 0 Å². The van der Waals surface area contributed by atoms with E-state index in [1.165, 1.54) is 17.4 Å². The van der Waals surface area contributed by atoms with Gasteiger partial charge in [-0.1, -0.05) is 46.1 Å². The summed E-state index contributed by atoms with van der Waals surface area (Å²) in [6.07, 6.45) is 0. The molecule has 0 aliphatic heterocycles. The first-order valence-corrected chi connectivity index (χ1v) is 10.5. The molecule has 0 spiro atoms. The Labute approximate surface area is 189 Å². The molecule has 2 aromatic carbocycles. The van der Waals surface area contributed by atoms with Gasteiger partial charge in [0.1, 0.15) is 5.76 Å². The zero-order chi connectivity index (χ0) is 20.5. The van der Waals surface area contributed by atoms with Crippen molar-refractivity contribution in [1.29, 1.82) is 0 Å². The van der Waals surface area contributed by atoms with Gasteiger partial charge in [-0.2, -0.15) is 0 Å². The Balaban J connectivity index is 1.44. The van der Waals surface area contributed by atoms with Crippen LogP contribution in [0.5, 0.6) is 0 Å². The Morgan fingerprint density at radius 2 is 1.79 bits per heavy atom. The summed E-state index contributed by atoms with van der Waals surface area (Å²) < 4.78 is 6.52. The first-order valence-electron chi connectivity index (χ1n) is 8.13. The number of benzene rings is 2. The van der Waals surface area contributed by atoms with Gasteiger partial charge in [-0.3, -0.25) is 10.1 Å². The maximum absolute atomic E-state index is 12.4. The second-order valence-electron chi connectivity index (χ2n) is 5.83. The number of nitrogens with one attached hydrogen (secondary N) is 2. The Kier molecular flexibility index (Phi) is 5.76. The highest BCUT2D eigenvalue weighted by molar-refractivity contribution is 7.80. The molecule has 4 rings (SSSR count). The lowest BCUT2D eigenvalue weighted by atomic mass is 10.2. The first kappa shape index (κ1) is 20.1. The number of hydrogen-bond donors (Lipinski definition) is 2. The summed E-state index contributed by atoms with van der Waals surface area (Å²) in [5.74, 6) is 0.0352. The normalized spacial score (nSPS) is 10.9. The van der Waals surface area contributed by atoms with Crippen molar-refractivity contribution >= 4 is 84.7 Å². The van der Waals surface area contributed by atoms with E-state index < -0.39 is 5.91 Å². The fraction of sp³-hybridized carbons (Fsp3) is 0. The number of aromatic nitrogens is 1. The van der Waals surface area contributed by atoms with Gasteiger partial charge in [0.2, 0.25) is 0 Å². The number of thiazole rings is 1. The van der Waals surface area contributed by atoms with Gasteiger partial charge in [-0.15, -0.1) is 0 Å². The van der Waals surface area contributed by atoms with Crippen LogP contribution >= 0.6 is 58.4 Å². The Morgan fingerprint density at radius 1 is 1.03 bits per heavy atom. The third-order valence-corrected chi connectivity index (χ3v) is 5.75. The highest BCUT2D eigenvalue weighted by Gasteiger charge is 2.16. The van der Waals surface area contributed by atoms with Crippen molar-refractivity contribution in [3.05, 3.63) is 69.4 Å². The smallest absolute Gasteiger partial charge is 0.293 e. The van der Waals surface area contributed by atoms with E-state index in [4.69, 9.17) is 51.4 Å². The summed E-state index contributed by atoms with van der Waals surface area (Å²) in [6.45, 7) is 0. The van der Waals surface area contributed by atoms with Crippen LogP contribution in [0.1, 0.15) is 10.6 Å². The lowest BCUT2D eigenvalue weighted by molar-refractivity contribution is 0.0951. The van der Waals surface area contributed by atoms with Crippen molar-refractivity contribution in [2.45, 2.75) is 0 Å². The molecule has 0 unspecified atom stereocenters. The van der Waals surface area contributed by atoms with E-state index in [1.54, 1.807) is 30.3 Å². The van der Waals surface area contributed by atoms with Gasteiger partial charge in [-0.05, 0) is 60.7 Å². The van der Waals surface area contributed by atoms with Crippen molar-refractivity contribution in [3.8, 4) is 11.3 Å². The second-order valence-corrected chi connectivity index (χ2v) is 8.55. The number of fused-ring (bicyclic) bond motifs is 1. The molecule has 146 valence electrons. The third-order valence-electron chi connectivity index (χ3n) is 3.82. The molecule has 29 heavy (non-hydrogen) atoms. The fourth-order valence-electron chi connectivity index (χ4n) is 2.54. The lowest BCUT2D eigenvalue weighted by Crippen LogP contribution is -2.33. The predicted molar refractivity (Wildman–Crippen MR) is 122 cm³/mol. The summed E-state index contributed by atoms with van der Waals surface area (Å²) in [4.78, 5) is 16.8. The van der Waals surface area contributed by atoms with Gasteiger partial charge >= 0.3 is 0 Å². The minimum atomic E-state index is -0.497. The number of rotatable bonds is 3. The van der Waals surface area contributed by atoms with E-state index in [0.29, 0.717) is 31.5 Å². The molecule has 5 nitrogen and oxygen atoms in total. The van der Waals surface area contributed by atoms with Crippen LogP contribution in [0.3, 0.4) is 0 Å². The fourth-order valence-corrected chi connectivity index (χ4v) is 4.44. The topological polar surface area (TPSA) is 67.2 Å². The van der Waals surface area contributed by atoms with Crippen LogP contribution in [-0.4, -0.2) is 16.0 Å². The van der Waals surface area contributed by atoms with Gasteiger partial charge in [0.25, 0.3) is 5.91 Å². The van der Waals surface area contributed by atoms with E-state index in [9.17, 15) is 4.79 Å². The number of hydrogen-bond acceptors (Lipinski definition) is 5. The molecule has 4 aromatic rings. The van der Waals surface area contributed by atoms with Crippen molar-refractivity contribution in [1.82, 2.24) is 10.3 Å². The lowest BCUT2D eigenvalue weighted by Gasteiger charge is -2.05. The summed E-state index contributed by atoms with van der Waals surface area (Å²) in [6, 6.07) is 13.6. The van der Waals surface area contributed by atoms with Crippen molar-refractivity contribution in [2.24, 2.45) is 0 Å². The molecule has 2 N–H and O–H groups in total. The van der Waals surface area contributed by atoms with E-state index in [2.05, 4.69) is 15.6 Å². The summed E-state index contributed by atoms with van der Waals surface area (Å²) in [5.41, 5.74) is 1.41. The molecule has 10 heteroatoms. The van der Waals surface area contributed by atoms with Crippen molar-refractivity contribution < 1.29 is 9.21 Å². The number of nitrogens with zero attached hydrogens (tertiary/aromatic N) is 1. The number of halogens is 3. The third kappa shape index (κ3) is 4.55. The second kappa shape index (κ2) is 8.30. The summed E-state index contributed by atoms with van der Waals surface area (Å²) in [7, 11) is 0. The highest BCUT2D eigenvalue weighted by Crippen LogP contribution is 2.31. The van der Waals surface area contributed by atoms with E-state index in [-0.39, 0.29) is 10.9 Å². The molecular formula is C19H10Cl3N3O2S2. The average Bonchev–Trinajstić information content (AvgIpc) is 3.28. The molecule has 0 saturated carbocycles. The first-order chi connectivity index (χ1) is 13.9. The highest BCUT2D eigenvalue weighted by atomic mass is 35.5. The molecule has 0 atom stereocenters. The molecule has 1 amide bonds. The zero-order valence-corrected chi connectivity index (χ0v) is 18.2. The number of carbonyl (C=O) groups excluding carboxylic acids is 1. The molecule has 2 aromatic heterocycles. The number of anilines is 1. The van der Waals surface area contributed by atoms with Crippen LogP contribution in [0.25, 0.3) is 21.5 Å². The van der Waals surface area contributed by atoms with Gasteiger partial charge in [-0.25, -0.2) is 4.98 Å². The number of carbonyl (C=O) groups is 1. The maximum atomic E-state index is 12.4. The monoisotopic (exact) mass is 481 g/mol. The zero-order valence-electron chi connectivity index (χ0n) is 14.3.